The number of nitrogens with zero attached hydrogens (tertiary/aromatic N) is 1. The molecule has 1 unspecified atom stereocenters. The Hall–Kier alpha value is -0.830. The molecule has 0 aromatic rings. The van der Waals surface area contributed by atoms with Crippen LogP contribution in [0.1, 0.15) is 40.0 Å². The van der Waals surface area contributed by atoms with E-state index in [1.807, 2.05) is 11.8 Å². The summed E-state index contributed by atoms with van der Waals surface area (Å²) in [5.74, 6) is 0.492. The smallest absolute Gasteiger partial charge is 0.226 e. The molecule has 0 saturated heterocycles. The molecule has 0 aromatic heterocycles. The summed E-state index contributed by atoms with van der Waals surface area (Å²) in [6.07, 6.45) is 7.24. The van der Waals surface area contributed by atoms with E-state index in [0.29, 0.717) is 12.5 Å². The zero-order chi connectivity index (χ0) is 12.9. The van der Waals surface area contributed by atoms with E-state index >= 15 is 0 Å². The van der Waals surface area contributed by atoms with Crippen LogP contribution in [0.25, 0.3) is 0 Å². The summed E-state index contributed by atoms with van der Waals surface area (Å²) in [5.41, 5.74) is 5.75. The van der Waals surface area contributed by atoms with Crippen molar-refractivity contribution in [2.75, 3.05) is 19.6 Å². The normalized spacial score (nSPS) is 20.4. The number of carbonyl (C=O) groups excluding carboxylic acids is 1. The van der Waals surface area contributed by atoms with Gasteiger partial charge in [0.25, 0.3) is 0 Å². The van der Waals surface area contributed by atoms with Crippen LogP contribution in [0.2, 0.25) is 0 Å². The van der Waals surface area contributed by atoms with Gasteiger partial charge in [0.2, 0.25) is 5.91 Å². The Balaban J connectivity index is 2.60. The van der Waals surface area contributed by atoms with Crippen molar-refractivity contribution in [1.82, 2.24) is 4.90 Å². The first kappa shape index (κ1) is 14.2. The fraction of sp³-hybridized carbons (Fsp3) is 0.786. The van der Waals surface area contributed by atoms with E-state index in [9.17, 15) is 4.79 Å². The number of amides is 1. The molecule has 2 N–H and O–H groups in total. The maximum absolute atomic E-state index is 12.4. The van der Waals surface area contributed by atoms with Crippen LogP contribution < -0.4 is 5.73 Å². The van der Waals surface area contributed by atoms with E-state index in [2.05, 4.69) is 26.0 Å². The molecule has 0 bridgehead atoms. The summed E-state index contributed by atoms with van der Waals surface area (Å²) >= 11 is 0. The van der Waals surface area contributed by atoms with Crippen molar-refractivity contribution in [2.24, 2.45) is 17.1 Å². The van der Waals surface area contributed by atoms with Crippen LogP contribution >= 0.6 is 0 Å². The van der Waals surface area contributed by atoms with Gasteiger partial charge in [-0.2, -0.15) is 0 Å². The van der Waals surface area contributed by atoms with Gasteiger partial charge < -0.3 is 10.6 Å². The fourth-order valence-corrected chi connectivity index (χ4v) is 2.20. The molecule has 0 fully saturated rings. The average molecular weight is 238 g/mol. The lowest BCUT2D eigenvalue weighted by Gasteiger charge is -2.33. The number of hydrogen-bond donors (Lipinski definition) is 1. The first-order valence-electron chi connectivity index (χ1n) is 6.64. The maximum atomic E-state index is 12.4. The second-order valence-electron chi connectivity index (χ2n) is 5.70. The summed E-state index contributed by atoms with van der Waals surface area (Å²) in [7, 11) is 0. The van der Waals surface area contributed by atoms with E-state index in [4.69, 9.17) is 5.73 Å². The Morgan fingerprint density at radius 3 is 2.65 bits per heavy atom. The van der Waals surface area contributed by atoms with Crippen molar-refractivity contribution >= 4 is 5.91 Å². The number of allylic oxidation sites excluding steroid dienone is 2. The second kappa shape index (κ2) is 6.20. The quantitative estimate of drug-likeness (QED) is 0.746. The number of hydrogen-bond acceptors (Lipinski definition) is 2. The third-order valence-corrected chi connectivity index (χ3v) is 3.48. The topological polar surface area (TPSA) is 46.3 Å². The fourth-order valence-electron chi connectivity index (χ4n) is 2.20. The van der Waals surface area contributed by atoms with E-state index in [1.54, 1.807) is 0 Å². The molecule has 17 heavy (non-hydrogen) atoms. The molecule has 3 heteroatoms. The minimum atomic E-state index is 0.0101. The van der Waals surface area contributed by atoms with Crippen LogP contribution in [0.5, 0.6) is 0 Å². The Bertz CT molecular complexity index is 284. The Morgan fingerprint density at radius 1 is 1.47 bits per heavy atom. The van der Waals surface area contributed by atoms with Crippen molar-refractivity contribution in [3.63, 3.8) is 0 Å². The lowest BCUT2D eigenvalue weighted by atomic mass is 9.90. The van der Waals surface area contributed by atoms with Gasteiger partial charge in [-0.25, -0.2) is 0 Å². The summed E-state index contributed by atoms with van der Waals surface area (Å²) in [6.45, 7) is 8.43. The highest BCUT2D eigenvalue weighted by molar-refractivity contribution is 5.79. The molecule has 0 heterocycles. The number of nitrogens with two attached hydrogens (primary N) is 1. The van der Waals surface area contributed by atoms with Gasteiger partial charge in [0.1, 0.15) is 0 Å². The van der Waals surface area contributed by atoms with Crippen LogP contribution in [0.4, 0.5) is 0 Å². The van der Waals surface area contributed by atoms with E-state index in [0.717, 1.165) is 32.4 Å². The van der Waals surface area contributed by atoms with Gasteiger partial charge >= 0.3 is 0 Å². The molecular formula is C14H26N2O. The highest BCUT2D eigenvalue weighted by Crippen LogP contribution is 2.23. The van der Waals surface area contributed by atoms with Crippen LogP contribution in [0.15, 0.2) is 12.2 Å². The van der Waals surface area contributed by atoms with Crippen LogP contribution in [0.3, 0.4) is 0 Å². The second-order valence-corrected chi connectivity index (χ2v) is 5.70. The van der Waals surface area contributed by atoms with Crippen LogP contribution in [-0.4, -0.2) is 30.4 Å². The molecule has 1 rings (SSSR count). The lowest BCUT2D eigenvalue weighted by molar-refractivity contribution is -0.136. The van der Waals surface area contributed by atoms with Gasteiger partial charge in [-0.15, -0.1) is 0 Å². The standard InChI is InChI=1S/C14H26N2O/c1-4-16(11-14(2,3)10-15)13(17)12-8-6-5-7-9-12/h5-6,12H,4,7-11,15H2,1-3H3. The Labute approximate surface area is 105 Å². The summed E-state index contributed by atoms with van der Waals surface area (Å²) < 4.78 is 0. The van der Waals surface area contributed by atoms with Gasteiger partial charge in [-0.3, -0.25) is 4.79 Å². The molecule has 98 valence electrons. The molecule has 1 aliphatic carbocycles. The van der Waals surface area contributed by atoms with E-state index < -0.39 is 0 Å². The summed E-state index contributed by atoms with van der Waals surface area (Å²) in [5, 5.41) is 0. The van der Waals surface area contributed by atoms with Crippen molar-refractivity contribution in [2.45, 2.75) is 40.0 Å². The predicted molar refractivity (Wildman–Crippen MR) is 71.6 cm³/mol. The molecule has 0 aliphatic heterocycles. The minimum Gasteiger partial charge on any atom is -0.342 e. The monoisotopic (exact) mass is 238 g/mol. The predicted octanol–water partition coefficient (Wildman–Crippen LogP) is 2.18. The highest BCUT2D eigenvalue weighted by Gasteiger charge is 2.27. The first-order valence-corrected chi connectivity index (χ1v) is 6.64. The number of rotatable bonds is 5. The van der Waals surface area contributed by atoms with Gasteiger partial charge in [-0.05, 0) is 38.1 Å². The molecule has 1 aliphatic rings. The molecule has 3 nitrogen and oxygen atoms in total. The summed E-state index contributed by atoms with van der Waals surface area (Å²) in [4.78, 5) is 14.3. The Morgan fingerprint density at radius 2 is 2.18 bits per heavy atom. The van der Waals surface area contributed by atoms with E-state index in [1.165, 1.54) is 0 Å². The van der Waals surface area contributed by atoms with Gasteiger partial charge in [0.05, 0.1) is 0 Å². The molecule has 0 aromatic carbocycles. The molecule has 0 spiro atoms. The van der Waals surface area contributed by atoms with Crippen molar-refractivity contribution in [3.8, 4) is 0 Å². The van der Waals surface area contributed by atoms with Gasteiger partial charge in [0, 0.05) is 19.0 Å². The molecular weight excluding hydrogens is 212 g/mol. The average Bonchev–Trinajstić information content (AvgIpc) is 2.36. The third-order valence-electron chi connectivity index (χ3n) is 3.48. The van der Waals surface area contributed by atoms with E-state index in [-0.39, 0.29) is 11.3 Å². The van der Waals surface area contributed by atoms with Crippen molar-refractivity contribution in [3.05, 3.63) is 12.2 Å². The third kappa shape index (κ3) is 4.15. The maximum Gasteiger partial charge on any atom is 0.226 e. The zero-order valence-electron chi connectivity index (χ0n) is 11.4. The van der Waals surface area contributed by atoms with Crippen molar-refractivity contribution in [1.29, 1.82) is 0 Å². The van der Waals surface area contributed by atoms with Crippen LogP contribution in [-0.2, 0) is 4.79 Å². The number of carbonyl (C=O) groups is 1. The molecule has 1 atom stereocenters. The molecule has 0 radical (unpaired) electrons. The SMILES string of the molecule is CCN(CC(C)(C)CN)C(=O)C1CC=CCC1. The first-order chi connectivity index (χ1) is 8.00. The zero-order valence-corrected chi connectivity index (χ0v) is 11.4. The largest absolute Gasteiger partial charge is 0.342 e. The van der Waals surface area contributed by atoms with Crippen LogP contribution in [0, 0.1) is 11.3 Å². The summed E-state index contributed by atoms with van der Waals surface area (Å²) in [6, 6.07) is 0. The highest BCUT2D eigenvalue weighted by atomic mass is 16.2. The minimum absolute atomic E-state index is 0.0101. The lowest BCUT2D eigenvalue weighted by Crippen LogP contribution is -2.44. The van der Waals surface area contributed by atoms with Gasteiger partial charge in [-0.1, -0.05) is 26.0 Å². The van der Waals surface area contributed by atoms with Gasteiger partial charge in [0.15, 0.2) is 0 Å². The Kier molecular flexibility index (Phi) is 5.19. The molecule has 0 saturated carbocycles. The molecule has 1 amide bonds. The van der Waals surface area contributed by atoms with Crippen molar-refractivity contribution < 1.29 is 4.79 Å².